The number of rotatable bonds is 8. The molecule has 0 saturated carbocycles. The summed E-state index contributed by atoms with van der Waals surface area (Å²) in [6, 6.07) is 9.09. The van der Waals surface area contributed by atoms with Gasteiger partial charge in [0.1, 0.15) is 0 Å². The lowest BCUT2D eigenvalue weighted by Gasteiger charge is -2.27. The maximum Gasteiger partial charge on any atom is 0.223 e. The van der Waals surface area contributed by atoms with Gasteiger partial charge in [-0.05, 0) is 37.5 Å². The van der Waals surface area contributed by atoms with Crippen LogP contribution >= 0.6 is 0 Å². The van der Waals surface area contributed by atoms with Gasteiger partial charge in [-0.15, -0.1) is 0 Å². The minimum absolute atomic E-state index is 0.134. The van der Waals surface area contributed by atoms with Crippen LogP contribution in [0, 0.1) is 11.3 Å². The molecule has 0 aliphatic heterocycles. The number of carbonyl (C=O) groups excluding carboxylic acids is 1. The zero-order chi connectivity index (χ0) is 16.6. The first-order chi connectivity index (χ1) is 10.4. The maximum absolute atomic E-state index is 12.2. The Balaban J connectivity index is 2.64. The number of hydrogen-bond donors (Lipinski definition) is 2. The lowest BCUT2D eigenvalue weighted by molar-refractivity contribution is -0.127. The van der Waals surface area contributed by atoms with Crippen LogP contribution in [0.5, 0.6) is 0 Å². The number of nitrogens with zero attached hydrogens (tertiary/aromatic N) is 1. The molecule has 1 amide bonds. The number of amides is 1. The van der Waals surface area contributed by atoms with Crippen molar-refractivity contribution in [1.82, 2.24) is 5.32 Å². The molecule has 1 unspecified atom stereocenters. The Morgan fingerprint density at radius 3 is 2.27 bits per heavy atom. The lowest BCUT2D eigenvalue weighted by Crippen LogP contribution is -2.37. The summed E-state index contributed by atoms with van der Waals surface area (Å²) in [5, 5.41) is 22.3. The Bertz CT molecular complexity index is 511. The summed E-state index contributed by atoms with van der Waals surface area (Å²) in [4.78, 5) is 12.2. The predicted molar refractivity (Wildman–Crippen MR) is 87.1 cm³/mol. The third kappa shape index (κ3) is 5.50. The molecule has 0 saturated heterocycles. The highest BCUT2D eigenvalue weighted by molar-refractivity contribution is 5.77. The van der Waals surface area contributed by atoms with E-state index in [0.717, 1.165) is 18.4 Å². The van der Waals surface area contributed by atoms with Crippen LogP contribution in [0.2, 0.25) is 0 Å². The van der Waals surface area contributed by atoms with E-state index in [1.165, 1.54) is 0 Å². The Kier molecular flexibility index (Phi) is 7.07. The molecular formula is C18H26N2O2. The molecule has 0 aliphatic carbocycles. The van der Waals surface area contributed by atoms with Gasteiger partial charge < -0.3 is 10.4 Å². The summed E-state index contributed by atoms with van der Waals surface area (Å²) in [7, 11) is 0. The van der Waals surface area contributed by atoms with Crippen LogP contribution in [0.15, 0.2) is 24.3 Å². The van der Waals surface area contributed by atoms with Crippen LogP contribution in [-0.2, 0) is 4.79 Å². The highest BCUT2D eigenvalue weighted by Crippen LogP contribution is 2.24. The summed E-state index contributed by atoms with van der Waals surface area (Å²) >= 11 is 0. The van der Waals surface area contributed by atoms with E-state index in [1.807, 2.05) is 32.9 Å². The highest BCUT2D eigenvalue weighted by Gasteiger charge is 2.28. The normalized spacial score (nSPS) is 12.5. The first-order valence-corrected chi connectivity index (χ1v) is 7.96. The van der Waals surface area contributed by atoms with E-state index >= 15 is 0 Å². The fourth-order valence-electron chi connectivity index (χ4n) is 2.75. The molecule has 1 aromatic carbocycles. The highest BCUT2D eigenvalue weighted by atomic mass is 16.3. The average Bonchev–Trinajstić information content (AvgIpc) is 2.47. The SMILES string of the molecule is CCCC(O)(CCC)CC(=O)NC(C)c1ccc(C#N)cc1. The average molecular weight is 302 g/mol. The molecule has 0 radical (unpaired) electrons. The molecule has 120 valence electrons. The second kappa shape index (κ2) is 8.55. The fraction of sp³-hybridized carbons (Fsp3) is 0.556. The second-order valence-electron chi connectivity index (χ2n) is 5.92. The standard InChI is InChI=1S/C18H26N2O2/c1-4-10-18(22,11-5-2)12-17(21)20-14(3)16-8-6-15(13-19)7-9-16/h6-9,14,22H,4-5,10-12H2,1-3H3,(H,20,21). The van der Waals surface area contributed by atoms with Gasteiger partial charge in [0.2, 0.25) is 5.91 Å². The van der Waals surface area contributed by atoms with E-state index < -0.39 is 5.60 Å². The molecule has 22 heavy (non-hydrogen) atoms. The van der Waals surface area contributed by atoms with Crippen LogP contribution in [0.4, 0.5) is 0 Å². The quantitative estimate of drug-likeness (QED) is 0.772. The molecule has 0 spiro atoms. The van der Waals surface area contributed by atoms with E-state index in [2.05, 4.69) is 11.4 Å². The smallest absolute Gasteiger partial charge is 0.223 e. The molecule has 0 bridgehead atoms. The van der Waals surface area contributed by atoms with E-state index in [0.29, 0.717) is 18.4 Å². The van der Waals surface area contributed by atoms with Crippen LogP contribution in [0.3, 0.4) is 0 Å². The van der Waals surface area contributed by atoms with Crippen molar-refractivity contribution in [3.63, 3.8) is 0 Å². The summed E-state index contributed by atoms with van der Waals surface area (Å²) in [6.07, 6.45) is 3.12. The minimum Gasteiger partial charge on any atom is -0.389 e. The molecular weight excluding hydrogens is 276 g/mol. The first-order valence-electron chi connectivity index (χ1n) is 7.96. The fourth-order valence-corrected chi connectivity index (χ4v) is 2.75. The summed E-state index contributed by atoms with van der Waals surface area (Å²) in [5.74, 6) is -0.138. The van der Waals surface area contributed by atoms with Crippen molar-refractivity contribution in [3.8, 4) is 6.07 Å². The largest absolute Gasteiger partial charge is 0.389 e. The van der Waals surface area contributed by atoms with Crippen LogP contribution in [0.25, 0.3) is 0 Å². The van der Waals surface area contributed by atoms with Gasteiger partial charge in [0.05, 0.1) is 29.7 Å². The molecule has 0 heterocycles. The Labute approximate surface area is 133 Å². The molecule has 1 rings (SSSR count). The Hall–Kier alpha value is -1.86. The zero-order valence-electron chi connectivity index (χ0n) is 13.7. The van der Waals surface area contributed by atoms with E-state index in [-0.39, 0.29) is 18.4 Å². The van der Waals surface area contributed by atoms with Crippen molar-refractivity contribution in [2.24, 2.45) is 0 Å². The van der Waals surface area contributed by atoms with Crippen molar-refractivity contribution in [3.05, 3.63) is 35.4 Å². The van der Waals surface area contributed by atoms with Crippen LogP contribution < -0.4 is 5.32 Å². The zero-order valence-corrected chi connectivity index (χ0v) is 13.7. The van der Waals surface area contributed by atoms with Gasteiger partial charge in [-0.1, -0.05) is 38.8 Å². The topological polar surface area (TPSA) is 73.1 Å². The lowest BCUT2D eigenvalue weighted by atomic mass is 9.89. The van der Waals surface area contributed by atoms with Gasteiger partial charge in [-0.2, -0.15) is 5.26 Å². The van der Waals surface area contributed by atoms with E-state index in [1.54, 1.807) is 12.1 Å². The molecule has 1 aromatic rings. The maximum atomic E-state index is 12.2. The summed E-state index contributed by atoms with van der Waals surface area (Å²) < 4.78 is 0. The molecule has 0 aromatic heterocycles. The number of aliphatic hydroxyl groups is 1. The minimum atomic E-state index is -0.905. The molecule has 4 heteroatoms. The molecule has 0 fully saturated rings. The molecule has 0 aliphatic rings. The predicted octanol–water partition coefficient (Wildman–Crippen LogP) is 3.46. The number of nitriles is 1. The monoisotopic (exact) mass is 302 g/mol. The van der Waals surface area contributed by atoms with Gasteiger partial charge in [-0.3, -0.25) is 4.79 Å². The van der Waals surface area contributed by atoms with Gasteiger partial charge in [0, 0.05) is 0 Å². The van der Waals surface area contributed by atoms with E-state index in [9.17, 15) is 9.90 Å². The third-order valence-corrected chi connectivity index (χ3v) is 3.84. The van der Waals surface area contributed by atoms with Crippen molar-refractivity contribution >= 4 is 5.91 Å². The first kappa shape index (κ1) is 18.2. The van der Waals surface area contributed by atoms with Crippen molar-refractivity contribution in [2.75, 3.05) is 0 Å². The van der Waals surface area contributed by atoms with Gasteiger partial charge in [0.25, 0.3) is 0 Å². The number of nitrogens with one attached hydrogen (secondary N) is 1. The summed E-state index contributed by atoms with van der Waals surface area (Å²) in [5.41, 5.74) is 0.641. The number of carbonyl (C=O) groups is 1. The molecule has 1 atom stereocenters. The number of hydrogen-bond acceptors (Lipinski definition) is 3. The van der Waals surface area contributed by atoms with Crippen molar-refractivity contribution in [2.45, 2.75) is 64.5 Å². The third-order valence-electron chi connectivity index (χ3n) is 3.84. The Morgan fingerprint density at radius 1 is 1.27 bits per heavy atom. The van der Waals surface area contributed by atoms with Gasteiger partial charge >= 0.3 is 0 Å². The number of benzene rings is 1. The van der Waals surface area contributed by atoms with Gasteiger partial charge in [0.15, 0.2) is 0 Å². The van der Waals surface area contributed by atoms with Gasteiger partial charge in [-0.25, -0.2) is 0 Å². The Morgan fingerprint density at radius 2 is 1.82 bits per heavy atom. The second-order valence-corrected chi connectivity index (χ2v) is 5.92. The van der Waals surface area contributed by atoms with Crippen LogP contribution in [0.1, 0.15) is 70.0 Å². The molecule has 2 N–H and O–H groups in total. The summed E-state index contributed by atoms with van der Waals surface area (Å²) in [6.45, 7) is 5.92. The van der Waals surface area contributed by atoms with Crippen LogP contribution in [-0.4, -0.2) is 16.6 Å². The van der Waals surface area contributed by atoms with Crippen molar-refractivity contribution in [1.29, 1.82) is 5.26 Å². The van der Waals surface area contributed by atoms with Crippen molar-refractivity contribution < 1.29 is 9.90 Å². The van der Waals surface area contributed by atoms with E-state index in [4.69, 9.17) is 5.26 Å². The molecule has 4 nitrogen and oxygen atoms in total.